The SMILES string of the molecule is COc1ccc(C2CC(C(=O)O)C3C(NNC3c3cccc([N+](=O)[O-])c3)N2)cc1. The van der Waals surface area contributed by atoms with Crippen LogP contribution < -0.4 is 20.9 Å². The number of aliphatic carboxylic acids is 1. The van der Waals surface area contributed by atoms with Crippen molar-refractivity contribution in [1.29, 1.82) is 0 Å². The molecule has 2 aromatic rings. The Morgan fingerprint density at radius 2 is 1.93 bits per heavy atom. The quantitative estimate of drug-likeness (QED) is 0.446. The van der Waals surface area contributed by atoms with Gasteiger partial charge in [0.25, 0.3) is 5.69 Å². The van der Waals surface area contributed by atoms with Crippen LogP contribution in [0.3, 0.4) is 0 Å². The molecule has 9 nitrogen and oxygen atoms in total. The number of piperidine rings is 1. The molecule has 152 valence electrons. The molecule has 4 rings (SSSR count). The standard InChI is InChI=1S/C20H22N4O5/c1-29-14-7-5-11(6-8-14)16-10-15(20(25)26)17-18(22-23-19(17)21-16)12-3-2-4-13(9-12)24(27)28/h2-9,15-19,21-23H,10H2,1H3,(H,25,26). The summed E-state index contributed by atoms with van der Waals surface area (Å²) in [6.45, 7) is 0. The zero-order chi connectivity index (χ0) is 20.5. The zero-order valence-electron chi connectivity index (χ0n) is 15.7. The monoisotopic (exact) mass is 398 g/mol. The fourth-order valence-corrected chi connectivity index (χ4v) is 4.35. The summed E-state index contributed by atoms with van der Waals surface area (Å²) >= 11 is 0. The number of carbonyl (C=O) groups is 1. The molecule has 0 saturated carbocycles. The van der Waals surface area contributed by atoms with Crippen LogP contribution in [0.25, 0.3) is 0 Å². The van der Waals surface area contributed by atoms with Crippen LogP contribution in [0.15, 0.2) is 48.5 Å². The normalized spacial score (nSPS) is 28.5. The Morgan fingerprint density at radius 1 is 1.17 bits per heavy atom. The fraction of sp³-hybridized carbons (Fsp3) is 0.350. The molecule has 0 aromatic heterocycles. The Labute approximate surface area is 167 Å². The van der Waals surface area contributed by atoms with Crippen LogP contribution >= 0.6 is 0 Å². The summed E-state index contributed by atoms with van der Waals surface area (Å²) in [7, 11) is 1.60. The van der Waals surface area contributed by atoms with E-state index in [1.165, 1.54) is 12.1 Å². The molecule has 2 aliphatic heterocycles. The van der Waals surface area contributed by atoms with Crippen LogP contribution in [0.1, 0.15) is 29.6 Å². The smallest absolute Gasteiger partial charge is 0.307 e. The van der Waals surface area contributed by atoms with Crippen molar-refractivity contribution >= 4 is 11.7 Å². The molecule has 2 heterocycles. The Bertz CT molecular complexity index is 919. The van der Waals surface area contributed by atoms with Gasteiger partial charge in [0.2, 0.25) is 0 Å². The van der Waals surface area contributed by atoms with Crippen LogP contribution in [0.5, 0.6) is 5.75 Å². The molecule has 2 fully saturated rings. The number of methoxy groups -OCH3 is 1. The number of hydrogen-bond donors (Lipinski definition) is 4. The maximum atomic E-state index is 12.1. The lowest BCUT2D eigenvalue weighted by atomic mass is 9.75. The van der Waals surface area contributed by atoms with E-state index in [1.807, 2.05) is 24.3 Å². The molecule has 5 unspecified atom stereocenters. The predicted octanol–water partition coefficient (Wildman–Crippen LogP) is 2.13. The van der Waals surface area contributed by atoms with Gasteiger partial charge in [-0.25, -0.2) is 10.9 Å². The van der Waals surface area contributed by atoms with E-state index in [2.05, 4.69) is 16.2 Å². The molecule has 0 aliphatic carbocycles. The summed E-state index contributed by atoms with van der Waals surface area (Å²) in [6.07, 6.45) is 0.124. The highest BCUT2D eigenvalue weighted by atomic mass is 16.6. The second-order valence-corrected chi connectivity index (χ2v) is 7.35. The van der Waals surface area contributed by atoms with Gasteiger partial charge in [-0.15, -0.1) is 0 Å². The van der Waals surface area contributed by atoms with E-state index in [-0.39, 0.29) is 29.9 Å². The number of ether oxygens (including phenoxy) is 1. The predicted molar refractivity (Wildman–Crippen MR) is 104 cm³/mol. The van der Waals surface area contributed by atoms with Gasteiger partial charge in [-0.3, -0.25) is 20.2 Å². The number of nitrogens with one attached hydrogen (secondary N) is 3. The number of nitro groups is 1. The first-order valence-corrected chi connectivity index (χ1v) is 9.36. The van der Waals surface area contributed by atoms with Gasteiger partial charge in [-0.2, -0.15) is 0 Å². The van der Waals surface area contributed by atoms with E-state index in [9.17, 15) is 20.0 Å². The molecule has 4 N–H and O–H groups in total. The van der Waals surface area contributed by atoms with Crippen molar-refractivity contribution in [3.8, 4) is 5.75 Å². The third-order valence-electron chi connectivity index (χ3n) is 5.77. The highest BCUT2D eigenvalue weighted by Crippen LogP contribution is 2.42. The van der Waals surface area contributed by atoms with Crippen molar-refractivity contribution < 1.29 is 19.6 Å². The van der Waals surface area contributed by atoms with Crippen LogP contribution in [-0.4, -0.2) is 29.3 Å². The Morgan fingerprint density at radius 3 is 2.59 bits per heavy atom. The molecule has 29 heavy (non-hydrogen) atoms. The van der Waals surface area contributed by atoms with Gasteiger partial charge in [-0.1, -0.05) is 24.3 Å². The Kier molecular flexibility index (Phi) is 5.18. The molecule has 5 atom stereocenters. The fourth-order valence-electron chi connectivity index (χ4n) is 4.35. The van der Waals surface area contributed by atoms with Crippen LogP contribution in [0, 0.1) is 22.0 Å². The summed E-state index contributed by atoms with van der Waals surface area (Å²) in [5, 5.41) is 24.5. The first kappa shape index (κ1) is 19.3. The molecule has 0 amide bonds. The van der Waals surface area contributed by atoms with E-state index in [0.717, 1.165) is 11.3 Å². The molecule has 0 spiro atoms. The third-order valence-corrected chi connectivity index (χ3v) is 5.77. The molecular weight excluding hydrogens is 376 g/mol. The van der Waals surface area contributed by atoms with Crippen molar-refractivity contribution in [1.82, 2.24) is 16.2 Å². The van der Waals surface area contributed by atoms with Gasteiger partial charge < -0.3 is 9.84 Å². The molecule has 0 bridgehead atoms. The largest absolute Gasteiger partial charge is 0.497 e. The second kappa shape index (κ2) is 7.78. The number of hydrazine groups is 1. The summed E-state index contributed by atoms with van der Waals surface area (Å²) in [5.41, 5.74) is 7.94. The molecule has 0 radical (unpaired) electrons. The maximum absolute atomic E-state index is 12.1. The summed E-state index contributed by atoms with van der Waals surface area (Å²) in [5.74, 6) is -1.06. The summed E-state index contributed by atoms with van der Waals surface area (Å²) < 4.78 is 5.19. The summed E-state index contributed by atoms with van der Waals surface area (Å²) in [4.78, 5) is 22.8. The lowest BCUT2D eigenvalue weighted by molar-refractivity contribution is -0.384. The minimum Gasteiger partial charge on any atom is -0.497 e. The molecule has 2 aromatic carbocycles. The number of carboxylic acid groups (broad SMARTS) is 1. The topological polar surface area (TPSA) is 126 Å². The second-order valence-electron chi connectivity index (χ2n) is 7.35. The van der Waals surface area contributed by atoms with Crippen molar-refractivity contribution in [3.63, 3.8) is 0 Å². The molecular formula is C20H22N4O5. The zero-order valence-corrected chi connectivity index (χ0v) is 15.7. The minimum absolute atomic E-state index is 0.0143. The number of benzene rings is 2. The first-order valence-electron chi connectivity index (χ1n) is 9.36. The van der Waals surface area contributed by atoms with Gasteiger partial charge >= 0.3 is 5.97 Å². The number of rotatable bonds is 5. The van der Waals surface area contributed by atoms with Gasteiger partial charge in [0.15, 0.2) is 0 Å². The lowest BCUT2D eigenvalue weighted by Crippen LogP contribution is -2.53. The number of nitrogens with zero attached hydrogens (tertiary/aromatic N) is 1. The number of non-ortho nitro benzene ring substituents is 1. The number of fused-ring (bicyclic) bond motifs is 1. The maximum Gasteiger partial charge on any atom is 0.307 e. The average Bonchev–Trinajstić information content (AvgIpc) is 3.17. The van der Waals surface area contributed by atoms with Crippen molar-refractivity contribution in [2.45, 2.75) is 24.7 Å². The lowest BCUT2D eigenvalue weighted by Gasteiger charge is -2.39. The van der Waals surface area contributed by atoms with Gasteiger partial charge in [-0.05, 0) is 29.7 Å². The summed E-state index contributed by atoms with van der Waals surface area (Å²) in [6, 6.07) is 13.4. The first-order chi connectivity index (χ1) is 14.0. The molecule has 2 saturated heterocycles. The highest BCUT2D eigenvalue weighted by Gasteiger charge is 2.49. The van der Waals surface area contributed by atoms with Crippen LogP contribution in [-0.2, 0) is 4.79 Å². The van der Waals surface area contributed by atoms with E-state index < -0.39 is 16.8 Å². The number of hydrogen-bond acceptors (Lipinski definition) is 7. The minimum atomic E-state index is -0.874. The average molecular weight is 398 g/mol. The van der Waals surface area contributed by atoms with Crippen LogP contribution in [0.4, 0.5) is 5.69 Å². The number of nitro benzene ring substituents is 1. The highest BCUT2D eigenvalue weighted by molar-refractivity contribution is 5.71. The van der Waals surface area contributed by atoms with E-state index >= 15 is 0 Å². The number of carboxylic acids is 1. The van der Waals surface area contributed by atoms with E-state index in [4.69, 9.17) is 4.74 Å². The van der Waals surface area contributed by atoms with Gasteiger partial charge in [0.05, 0.1) is 30.2 Å². The molecule has 9 heteroatoms. The van der Waals surface area contributed by atoms with E-state index in [1.54, 1.807) is 19.2 Å². The Balaban J connectivity index is 1.61. The Hall–Kier alpha value is -3.01. The van der Waals surface area contributed by atoms with Crippen molar-refractivity contribution in [2.24, 2.45) is 11.8 Å². The van der Waals surface area contributed by atoms with Crippen molar-refractivity contribution in [2.75, 3.05) is 7.11 Å². The van der Waals surface area contributed by atoms with Gasteiger partial charge in [0.1, 0.15) is 5.75 Å². The van der Waals surface area contributed by atoms with E-state index in [0.29, 0.717) is 12.0 Å². The van der Waals surface area contributed by atoms with Crippen molar-refractivity contribution in [3.05, 3.63) is 69.8 Å². The third kappa shape index (κ3) is 3.67. The van der Waals surface area contributed by atoms with Crippen LogP contribution in [0.2, 0.25) is 0 Å². The van der Waals surface area contributed by atoms with Gasteiger partial charge in [0, 0.05) is 24.1 Å². The molecule has 2 aliphatic rings.